The first-order valence-corrected chi connectivity index (χ1v) is 3.21. The monoisotopic (exact) mass is 130 g/mol. The van der Waals surface area contributed by atoms with Gasteiger partial charge in [0.2, 0.25) is 0 Å². The van der Waals surface area contributed by atoms with Gasteiger partial charge in [0, 0.05) is 13.1 Å². The maximum Gasteiger partial charge on any atom is 0.0471 e. The van der Waals surface area contributed by atoms with Gasteiger partial charge in [0.25, 0.3) is 0 Å². The number of hydrogen-bond acceptors (Lipinski definition) is 3. The molecule has 0 rings (SSSR count). The van der Waals surface area contributed by atoms with E-state index in [0.717, 1.165) is 26.1 Å². The molecule has 0 aliphatic heterocycles. The Morgan fingerprint density at radius 1 is 1.33 bits per heavy atom. The maximum atomic E-state index is 6.37. The lowest BCUT2D eigenvalue weighted by molar-refractivity contribution is 0.600. The van der Waals surface area contributed by atoms with Crippen LogP contribution in [0.2, 0.25) is 0 Å². The summed E-state index contributed by atoms with van der Waals surface area (Å²) in [5, 5.41) is 6.16. The van der Waals surface area contributed by atoms with E-state index < -0.39 is 0 Å². The Kier molecular flexibility index (Phi) is 6.84. The molecule has 0 saturated carbocycles. The lowest BCUT2D eigenvalue weighted by atomic mass is 10.5. The summed E-state index contributed by atoms with van der Waals surface area (Å²) >= 11 is 0. The molecule has 0 spiro atoms. The van der Waals surface area contributed by atoms with Crippen molar-refractivity contribution in [2.24, 2.45) is 5.22 Å². The molecule has 0 saturated heterocycles. The normalized spacial score (nSPS) is 9.00. The van der Waals surface area contributed by atoms with Gasteiger partial charge in [0.05, 0.1) is 0 Å². The van der Waals surface area contributed by atoms with Crippen LogP contribution < -0.4 is 10.7 Å². The summed E-state index contributed by atoms with van der Waals surface area (Å²) in [5.41, 5.74) is 8.91. The van der Waals surface area contributed by atoms with E-state index in [-0.39, 0.29) is 0 Å². The molecule has 3 N–H and O–H groups in total. The fourth-order valence-electron chi connectivity index (χ4n) is 0.502. The third-order valence-electron chi connectivity index (χ3n) is 0.919. The minimum Gasteiger partial charge on any atom is -0.315 e. The first-order valence-electron chi connectivity index (χ1n) is 3.21. The third kappa shape index (κ3) is 7.36. The third-order valence-corrected chi connectivity index (χ3v) is 0.919. The van der Waals surface area contributed by atoms with Crippen LogP contribution >= 0.6 is 0 Å². The van der Waals surface area contributed by atoms with E-state index in [4.69, 9.17) is 5.53 Å². The summed E-state index contributed by atoms with van der Waals surface area (Å²) in [6, 6.07) is 0. The summed E-state index contributed by atoms with van der Waals surface area (Å²) in [6.07, 6.45) is 1.15. The highest BCUT2D eigenvalue weighted by Crippen LogP contribution is 1.67. The molecule has 4 heteroatoms. The summed E-state index contributed by atoms with van der Waals surface area (Å²) in [5.74, 6) is 0. The summed E-state index contributed by atoms with van der Waals surface area (Å²) in [4.78, 5) is 0. The Labute approximate surface area is 55.5 Å². The van der Waals surface area contributed by atoms with Crippen LogP contribution in [-0.2, 0) is 0 Å². The number of hydrogen-bond donors (Lipinski definition) is 3. The zero-order valence-electron chi connectivity index (χ0n) is 5.78. The van der Waals surface area contributed by atoms with E-state index in [1.54, 1.807) is 0 Å². The highest BCUT2D eigenvalue weighted by molar-refractivity contribution is 4.45. The second-order valence-corrected chi connectivity index (χ2v) is 1.77. The van der Waals surface area contributed by atoms with Crippen molar-refractivity contribution < 1.29 is 0 Å². The van der Waals surface area contributed by atoms with Gasteiger partial charge in [0.1, 0.15) is 0 Å². The van der Waals surface area contributed by atoms with Crippen molar-refractivity contribution in [1.29, 1.82) is 5.53 Å². The van der Waals surface area contributed by atoms with Crippen LogP contribution in [0.3, 0.4) is 0 Å². The van der Waals surface area contributed by atoms with E-state index in [2.05, 4.69) is 22.9 Å². The fraction of sp³-hybridized carbons (Fsp3) is 1.00. The molecule has 0 radical (unpaired) electrons. The van der Waals surface area contributed by atoms with Gasteiger partial charge in [-0.05, 0) is 13.0 Å². The van der Waals surface area contributed by atoms with Crippen molar-refractivity contribution in [2.75, 3.05) is 19.6 Å². The Balaban J connectivity index is 2.66. The molecule has 0 heterocycles. The van der Waals surface area contributed by atoms with Gasteiger partial charge < -0.3 is 5.32 Å². The van der Waals surface area contributed by atoms with E-state index in [9.17, 15) is 0 Å². The topological polar surface area (TPSA) is 60.3 Å². The van der Waals surface area contributed by atoms with Crippen LogP contribution in [-0.4, -0.2) is 19.6 Å². The van der Waals surface area contributed by atoms with Crippen LogP contribution in [0.25, 0.3) is 0 Å². The van der Waals surface area contributed by atoms with Crippen molar-refractivity contribution in [2.45, 2.75) is 13.3 Å². The molecule has 0 amide bonds. The lowest BCUT2D eigenvalue weighted by Crippen LogP contribution is -2.24. The van der Waals surface area contributed by atoms with Gasteiger partial charge in [0.15, 0.2) is 0 Å². The molecule has 0 aliphatic rings. The van der Waals surface area contributed by atoms with Crippen LogP contribution in [0, 0.1) is 5.53 Å². The molecule has 0 aromatic rings. The smallest absolute Gasteiger partial charge is 0.0471 e. The lowest BCUT2D eigenvalue weighted by Gasteiger charge is -1.99. The second kappa shape index (κ2) is 7.36. The minimum absolute atomic E-state index is 0.740. The number of rotatable bonds is 6. The predicted octanol–water partition coefficient (Wildman–Crippen LogP) is 0.522. The van der Waals surface area contributed by atoms with Crippen molar-refractivity contribution in [3.8, 4) is 0 Å². The summed E-state index contributed by atoms with van der Waals surface area (Å²) < 4.78 is 0. The Morgan fingerprint density at radius 3 is 2.67 bits per heavy atom. The van der Waals surface area contributed by atoms with Crippen molar-refractivity contribution in [3.05, 3.63) is 0 Å². The Bertz CT molecular complexity index is 64.0. The molecule has 54 valence electrons. The molecule has 0 aliphatic carbocycles. The van der Waals surface area contributed by atoms with Crippen molar-refractivity contribution in [1.82, 2.24) is 10.7 Å². The molecule has 4 nitrogen and oxygen atoms in total. The fourth-order valence-corrected chi connectivity index (χ4v) is 0.502. The van der Waals surface area contributed by atoms with Crippen LogP contribution in [0.1, 0.15) is 13.3 Å². The first kappa shape index (κ1) is 8.36. The Morgan fingerprint density at radius 2 is 2.11 bits per heavy atom. The summed E-state index contributed by atoms with van der Waals surface area (Å²) in [6.45, 7) is 4.79. The van der Waals surface area contributed by atoms with E-state index in [0.29, 0.717) is 0 Å². The van der Waals surface area contributed by atoms with Gasteiger partial charge in [-0.3, -0.25) is 5.43 Å². The van der Waals surface area contributed by atoms with E-state index in [1.807, 2.05) is 0 Å². The molecule has 0 bridgehead atoms. The molecule has 0 aromatic carbocycles. The molecule has 0 unspecified atom stereocenters. The Hall–Kier alpha value is -0.640. The van der Waals surface area contributed by atoms with Gasteiger partial charge >= 0.3 is 0 Å². The zero-order chi connectivity index (χ0) is 6.95. The molecular formula is C5H14N4. The first-order chi connectivity index (χ1) is 4.41. The highest BCUT2D eigenvalue weighted by Gasteiger charge is 1.81. The average molecular weight is 130 g/mol. The van der Waals surface area contributed by atoms with E-state index >= 15 is 0 Å². The average Bonchev–Trinajstić information content (AvgIpc) is 1.89. The molecule has 0 aromatic heterocycles. The second-order valence-electron chi connectivity index (χ2n) is 1.77. The van der Waals surface area contributed by atoms with Gasteiger partial charge in [-0.25, -0.2) is 0 Å². The summed E-state index contributed by atoms with van der Waals surface area (Å²) in [7, 11) is 0. The van der Waals surface area contributed by atoms with Crippen LogP contribution in [0.4, 0.5) is 0 Å². The van der Waals surface area contributed by atoms with Gasteiger partial charge in [-0.1, -0.05) is 12.1 Å². The minimum atomic E-state index is 0.740. The SMILES string of the molecule is CCCNCCNN=N. The standard InChI is InChI=1S/C5H14N4/c1-2-3-7-4-5-8-9-6/h7H,2-5H2,1H3,(H2,6,8). The maximum absolute atomic E-state index is 6.37. The van der Waals surface area contributed by atoms with Gasteiger partial charge in [-0.15, -0.1) is 0 Å². The zero-order valence-corrected chi connectivity index (χ0v) is 5.78. The predicted molar refractivity (Wildman–Crippen MR) is 36.3 cm³/mol. The largest absolute Gasteiger partial charge is 0.315 e. The highest BCUT2D eigenvalue weighted by atomic mass is 15.4. The molecule has 0 fully saturated rings. The van der Waals surface area contributed by atoms with Crippen LogP contribution in [0.15, 0.2) is 5.22 Å². The van der Waals surface area contributed by atoms with E-state index in [1.165, 1.54) is 0 Å². The van der Waals surface area contributed by atoms with Gasteiger partial charge in [-0.2, -0.15) is 5.53 Å². The molecule has 0 atom stereocenters. The quantitative estimate of drug-likeness (QED) is 0.279. The number of nitrogens with one attached hydrogen (secondary N) is 3. The molecular weight excluding hydrogens is 116 g/mol. The van der Waals surface area contributed by atoms with Crippen LogP contribution in [0.5, 0.6) is 0 Å². The van der Waals surface area contributed by atoms with Crippen molar-refractivity contribution in [3.63, 3.8) is 0 Å². The molecule has 9 heavy (non-hydrogen) atoms. The van der Waals surface area contributed by atoms with Crippen molar-refractivity contribution >= 4 is 0 Å². The number of nitrogens with zero attached hydrogens (tertiary/aromatic N) is 1.